The van der Waals surface area contributed by atoms with Gasteiger partial charge in [0.05, 0.1) is 0 Å². The molecule has 1 rings (SSSR count). The van der Waals surface area contributed by atoms with Crippen molar-refractivity contribution in [1.82, 2.24) is 5.32 Å². The van der Waals surface area contributed by atoms with E-state index in [2.05, 4.69) is 19.2 Å². The third-order valence-corrected chi connectivity index (χ3v) is 4.19. The van der Waals surface area contributed by atoms with Crippen LogP contribution in [0.25, 0.3) is 0 Å². The molecule has 20 heavy (non-hydrogen) atoms. The van der Waals surface area contributed by atoms with E-state index in [9.17, 15) is 13.2 Å². The quantitative estimate of drug-likeness (QED) is 0.683. The van der Waals surface area contributed by atoms with Gasteiger partial charge in [0.2, 0.25) is 0 Å². The van der Waals surface area contributed by atoms with Crippen molar-refractivity contribution in [3.05, 3.63) is 0 Å². The first kappa shape index (κ1) is 17.8. The molecule has 0 saturated heterocycles. The van der Waals surface area contributed by atoms with Gasteiger partial charge in [0, 0.05) is 6.61 Å². The van der Waals surface area contributed by atoms with Crippen LogP contribution in [0.3, 0.4) is 0 Å². The Balaban J connectivity index is 2.23. The predicted octanol–water partition coefficient (Wildman–Crippen LogP) is 4.01. The monoisotopic (exact) mass is 295 g/mol. The van der Waals surface area contributed by atoms with Gasteiger partial charge >= 0.3 is 6.18 Å². The Kier molecular flexibility index (Phi) is 7.88. The number of hydrogen-bond donors (Lipinski definition) is 1. The van der Waals surface area contributed by atoms with Crippen LogP contribution in [-0.4, -0.2) is 32.5 Å². The lowest BCUT2D eigenvalue weighted by molar-refractivity contribution is -0.174. The number of alkyl halides is 3. The Labute approximate surface area is 120 Å². The summed E-state index contributed by atoms with van der Waals surface area (Å²) in [7, 11) is 0. The van der Waals surface area contributed by atoms with Crippen molar-refractivity contribution in [3.63, 3.8) is 0 Å². The Morgan fingerprint density at radius 2 is 1.95 bits per heavy atom. The van der Waals surface area contributed by atoms with Crippen LogP contribution < -0.4 is 5.32 Å². The van der Waals surface area contributed by atoms with Crippen molar-refractivity contribution in [2.45, 2.75) is 52.1 Å². The van der Waals surface area contributed by atoms with E-state index in [4.69, 9.17) is 4.74 Å². The summed E-state index contributed by atoms with van der Waals surface area (Å²) in [6.45, 7) is 5.50. The van der Waals surface area contributed by atoms with Gasteiger partial charge in [-0.05, 0) is 56.5 Å². The van der Waals surface area contributed by atoms with E-state index in [0.29, 0.717) is 11.8 Å². The van der Waals surface area contributed by atoms with Gasteiger partial charge in [-0.2, -0.15) is 13.2 Å². The molecule has 2 nitrogen and oxygen atoms in total. The minimum atomic E-state index is -4.20. The van der Waals surface area contributed by atoms with Crippen LogP contribution in [0.4, 0.5) is 13.2 Å². The summed E-state index contributed by atoms with van der Waals surface area (Å²) < 4.78 is 40.6. The Morgan fingerprint density at radius 3 is 2.60 bits per heavy atom. The molecule has 0 spiro atoms. The fourth-order valence-corrected chi connectivity index (χ4v) is 3.15. The SMILES string of the molecule is CCNCC1CCC(C)CC1CCCOCC(F)(F)F. The molecular weight excluding hydrogens is 267 g/mol. The molecule has 0 heterocycles. The molecule has 120 valence electrons. The molecule has 1 aliphatic carbocycles. The van der Waals surface area contributed by atoms with Gasteiger partial charge in [-0.3, -0.25) is 0 Å². The molecule has 1 N–H and O–H groups in total. The summed E-state index contributed by atoms with van der Waals surface area (Å²) >= 11 is 0. The first-order valence-electron chi connectivity index (χ1n) is 7.77. The maximum Gasteiger partial charge on any atom is 0.411 e. The zero-order valence-electron chi connectivity index (χ0n) is 12.6. The summed E-state index contributed by atoms with van der Waals surface area (Å²) in [5.74, 6) is 2.05. The van der Waals surface area contributed by atoms with Gasteiger partial charge in [-0.25, -0.2) is 0 Å². The molecule has 3 atom stereocenters. The Bertz CT molecular complexity index is 256. The fourth-order valence-electron chi connectivity index (χ4n) is 3.15. The van der Waals surface area contributed by atoms with E-state index in [1.165, 1.54) is 19.3 Å². The minimum Gasteiger partial charge on any atom is -0.372 e. The van der Waals surface area contributed by atoms with Crippen LogP contribution in [0, 0.1) is 17.8 Å². The fraction of sp³-hybridized carbons (Fsp3) is 1.00. The van der Waals surface area contributed by atoms with Gasteiger partial charge in [0.15, 0.2) is 0 Å². The normalized spacial score (nSPS) is 27.8. The number of rotatable bonds is 8. The van der Waals surface area contributed by atoms with Gasteiger partial charge in [0.1, 0.15) is 6.61 Å². The number of halogens is 3. The highest BCUT2D eigenvalue weighted by Gasteiger charge is 2.29. The summed E-state index contributed by atoms with van der Waals surface area (Å²) in [4.78, 5) is 0. The molecule has 1 fully saturated rings. The Hall–Kier alpha value is -0.290. The average Bonchev–Trinajstić information content (AvgIpc) is 2.36. The predicted molar refractivity (Wildman–Crippen MR) is 74.6 cm³/mol. The van der Waals surface area contributed by atoms with Gasteiger partial charge < -0.3 is 10.1 Å². The molecule has 1 saturated carbocycles. The topological polar surface area (TPSA) is 21.3 Å². The van der Waals surface area contributed by atoms with Crippen molar-refractivity contribution in [3.8, 4) is 0 Å². The largest absolute Gasteiger partial charge is 0.411 e. The van der Waals surface area contributed by atoms with Crippen LogP contribution in [0.1, 0.15) is 46.0 Å². The lowest BCUT2D eigenvalue weighted by Gasteiger charge is -2.35. The molecule has 0 amide bonds. The molecule has 0 aromatic heterocycles. The van der Waals surface area contributed by atoms with E-state index >= 15 is 0 Å². The standard InChI is InChI=1S/C15H28F3NO/c1-3-19-10-14-7-6-12(2)9-13(14)5-4-8-20-11-15(16,17)18/h12-14,19H,3-11H2,1-2H3. The van der Waals surface area contributed by atoms with E-state index in [-0.39, 0.29) is 6.61 Å². The lowest BCUT2D eigenvalue weighted by Crippen LogP contribution is -2.32. The van der Waals surface area contributed by atoms with Crippen LogP contribution in [0.5, 0.6) is 0 Å². The molecule has 1 aliphatic rings. The van der Waals surface area contributed by atoms with Crippen molar-refractivity contribution in [2.24, 2.45) is 17.8 Å². The maximum atomic E-state index is 12.0. The molecule has 0 radical (unpaired) electrons. The van der Waals surface area contributed by atoms with Crippen molar-refractivity contribution in [1.29, 1.82) is 0 Å². The molecule has 5 heteroatoms. The van der Waals surface area contributed by atoms with E-state index in [0.717, 1.165) is 31.8 Å². The van der Waals surface area contributed by atoms with Gasteiger partial charge in [-0.15, -0.1) is 0 Å². The summed E-state index contributed by atoms with van der Waals surface area (Å²) in [5, 5.41) is 3.40. The molecule has 0 aromatic carbocycles. The smallest absolute Gasteiger partial charge is 0.372 e. The second-order valence-corrected chi connectivity index (χ2v) is 6.06. The van der Waals surface area contributed by atoms with Crippen LogP contribution in [0.2, 0.25) is 0 Å². The lowest BCUT2D eigenvalue weighted by atomic mass is 9.73. The second kappa shape index (κ2) is 8.88. The Morgan fingerprint density at radius 1 is 1.20 bits per heavy atom. The summed E-state index contributed by atoms with van der Waals surface area (Å²) in [5.41, 5.74) is 0. The number of hydrogen-bond acceptors (Lipinski definition) is 2. The van der Waals surface area contributed by atoms with Crippen LogP contribution >= 0.6 is 0 Å². The summed E-state index contributed by atoms with van der Waals surface area (Å²) in [6.07, 6.45) is 1.23. The van der Waals surface area contributed by atoms with Gasteiger partial charge in [-0.1, -0.05) is 20.3 Å². The zero-order chi connectivity index (χ0) is 15.0. The zero-order valence-corrected chi connectivity index (χ0v) is 12.6. The minimum absolute atomic E-state index is 0.221. The van der Waals surface area contributed by atoms with Gasteiger partial charge in [0.25, 0.3) is 0 Å². The first-order chi connectivity index (χ1) is 9.42. The maximum absolute atomic E-state index is 12.0. The highest BCUT2D eigenvalue weighted by Crippen LogP contribution is 2.36. The van der Waals surface area contributed by atoms with Crippen molar-refractivity contribution in [2.75, 3.05) is 26.3 Å². The number of ether oxygens (including phenoxy) is 1. The molecule has 3 unspecified atom stereocenters. The third-order valence-electron chi connectivity index (χ3n) is 4.19. The second-order valence-electron chi connectivity index (χ2n) is 6.06. The summed E-state index contributed by atoms with van der Waals surface area (Å²) in [6, 6.07) is 0. The van der Waals surface area contributed by atoms with E-state index < -0.39 is 12.8 Å². The molecule has 0 aromatic rings. The number of nitrogens with one attached hydrogen (secondary N) is 1. The van der Waals surface area contributed by atoms with E-state index in [1.54, 1.807) is 0 Å². The highest BCUT2D eigenvalue weighted by molar-refractivity contribution is 4.80. The third kappa shape index (κ3) is 7.48. The van der Waals surface area contributed by atoms with Crippen molar-refractivity contribution >= 4 is 0 Å². The molecule has 0 bridgehead atoms. The van der Waals surface area contributed by atoms with E-state index in [1.807, 2.05) is 0 Å². The van der Waals surface area contributed by atoms with Crippen LogP contribution in [-0.2, 0) is 4.74 Å². The van der Waals surface area contributed by atoms with Crippen LogP contribution in [0.15, 0.2) is 0 Å². The van der Waals surface area contributed by atoms with Crippen molar-refractivity contribution < 1.29 is 17.9 Å². The molecule has 0 aliphatic heterocycles. The molecular formula is C15H28F3NO. The average molecular weight is 295 g/mol. The highest BCUT2D eigenvalue weighted by atomic mass is 19.4. The first-order valence-corrected chi connectivity index (χ1v) is 7.77.